The van der Waals surface area contributed by atoms with E-state index in [1.807, 2.05) is 32.0 Å². The van der Waals surface area contributed by atoms with Crippen molar-refractivity contribution in [1.82, 2.24) is 15.3 Å². The molecule has 1 atom stereocenters. The lowest BCUT2D eigenvalue weighted by molar-refractivity contribution is 0.615. The van der Waals surface area contributed by atoms with E-state index in [0.717, 1.165) is 23.4 Å². The summed E-state index contributed by atoms with van der Waals surface area (Å²) in [6.45, 7) is 4.87. The molecule has 2 aromatic rings. The molecule has 0 fully saturated rings. The van der Waals surface area contributed by atoms with Gasteiger partial charge < -0.3 is 11.1 Å². The highest BCUT2D eigenvalue weighted by atomic mass is 35.5. The van der Waals surface area contributed by atoms with Crippen molar-refractivity contribution in [1.29, 1.82) is 0 Å². The zero-order valence-corrected chi connectivity index (χ0v) is 11.8. The van der Waals surface area contributed by atoms with Crippen LogP contribution < -0.4 is 11.1 Å². The summed E-state index contributed by atoms with van der Waals surface area (Å²) in [5, 5.41) is 3.94. The fourth-order valence-corrected chi connectivity index (χ4v) is 2.16. The second kappa shape index (κ2) is 5.99. The molecule has 0 saturated carbocycles. The van der Waals surface area contributed by atoms with Crippen molar-refractivity contribution in [2.75, 3.05) is 12.3 Å². The number of hydrogen-bond acceptors (Lipinski definition) is 4. The van der Waals surface area contributed by atoms with E-state index >= 15 is 0 Å². The zero-order valence-electron chi connectivity index (χ0n) is 11.0. The third-order valence-electron chi connectivity index (χ3n) is 2.87. The van der Waals surface area contributed by atoms with Gasteiger partial charge in [-0.3, -0.25) is 4.98 Å². The van der Waals surface area contributed by atoms with E-state index in [0.29, 0.717) is 10.8 Å². The summed E-state index contributed by atoms with van der Waals surface area (Å²) < 4.78 is 0. The van der Waals surface area contributed by atoms with Crippen LogP contribution in [-0.2, 0) is 0 Å². The Morgan fingerprint density at radius 3 is 2.84 bits per heavy atom. The molecule has 0 spiro atoms. The lowest BCUT2D eigenvalue weighted by atomic mass is 10.0. The van der Waals surface area contributed by atoms with E-state index < -0.39 is 0 Å². The molecule has 2 aromatic heterocycles. The predicted octanol–water partition coefficient (Wildman–Crippen LogP) is 2.72. The average Bonchev–Trinajstić information content (AvgIpc) is 2.39. The minimum atomic E-state index is -0.101. The standard InChI is InChI=1S/C14H17ClN4/c1-3-17-13(12-6-9(2)4-5-18-12)11-7-10(15)8-19-14(11)16/h4-8,13,17H,3H2,1-2H3,(H2,16,19). The molecule has 0 saturated heterocycles. The molecular weight excluding hydrogens is 260 g/mol. The van der Waals surface area contributed by atoms with E-state index in [4.69, 9.17) is 17.3 Å². The second-order valence-electron chi connectivity index (χ2n) is 4.38. The smallest absolute Gasteiger partial charge is 0.128 e. The number of halogens is 1. The van der Waals surface area contributed by atoms with E-state index in [9.17, 15) is 0 Å². The fourth-order valence-electron chi connectivity index (χ4n) is 1.99. The van der Waals surface area contributed by atoms with Gasteiger partial charge in [0.15, 0.2) is 0 Å². The van der Waals surface area contributed by atoms with Crippen LogP contribution in [0.15, 0.2) is 30.6 Å². The maximum atomic E-state index is 6.01. The maximum absolute atomic E-state index is 6.01. The van der Waals surface area contributed by atoms with Crippen LogP contribution >= 0.6 is 11.6 Å². The molecule has 2 heterocycles. The van der Waals surface area contributed by atoms with Gasteiger partial charge in [-0.25, -0.2) is 4.98 Å². The molecule has 19 heavy (non-hydrogen) atoms. The predicted molar refractivity (Wildman–Crippen MR) is 78.2 cm³/mol. The number of nitrogens with two attached hydrogens (primary N) is 1. The van der Waals surface area contributed by atoms with Gasteiger partial charge in [-0.1, -0.05) is 18.5 Å². The van der Waals surface area contributed by atoms with Crippen molar-refractivity contribution in [2.24, 2.45) is 0 Å². The van der Waals surface area contributed by atoms with Crippen LogP contribution in [0.25, 0.3) is 0 Å². The van der Waals surface area contributed by atoms with Gasteiger partial charge in [0.25, 0.3) is 0 Å². The summed E-state index contributed by atoms with van der Waals surface area (Å²) in [5.74, 6) is 0.471. The first-order valence-electron chi connectivity index (χ1n) is 6.18. The van der Waals surface area contributed by atoms with Crippen LogP contribution in [0, 0.1) is 6.92 Å². The van der Waals surface area contributed by atoms with Gasteiger partial charge >= 0.3 is 0 Å². The number of pyridine rings is 2. The molecule has 0 aliphatic heterocycles. The highest BCUT2D eigenvalue weighted by molar-refractivity contribution is 6.30. The van der Waals surface area contributed by atoms with Crippen molar-refractivity contribution < 1.29 is 0 Å². The molecule has 5 heteroatoms. The van der Waals surface area contributed by atoms with Crippen LogP contribution in [0.4, 0.5) is 5.82 Å². The number of rotatable bonds is 4. The third kappa shape index (κ3) is 3.22. The van der Waals surface area contributed by atoms with Crippen molar-refractivity contribution in [2.45, 2.75) is 19.9 Å². The first-order valence-corrected chi connectivity index (χ1v) is 6.56. The van der Waals surface area contributed by atoms with Gasteiger partial charge in [0.1, 0.15) is 5.82 Å². The molecule has 100 valence electrons. The minimum absolute atomic E-state index is 0.101. The summed E-state index contributed by atoms with van der Waals surface area (Å²) in [5.41, 5.74) is 8.88. The van der Waals surface area contributed by atoms with Gasteiger partial charge in [0.05, 0.1) is 16.8 Å². The van der Waals surface area contributed by atoms with Crippen LogP contribution in [0.5, 0.6) is 0 Å². The van der Waals surface area contributed by atoms with Crippen LogP contribution in [0.1, 0.15) is 29.8 Å². The third-order valence-corrected chi connectivity index (χ3v) is 3.07. The number of nitrogens with zero attached hydrogens (tertiary/aromatic N) is 2. The van der Waals surface area contributed by atoms with E-state index in [1.165, 1.54) is 0 Å². The fraction of sp³-hybridized carbons (Fsp3) is 0.286. The highest BCUT2D eigenvalue weighted by Gasteiger charge is 2.18. The van der Waals surface area contributed by atoms with Crippen molar-refractivity contribution in [3.8, 4) is 0 Å². The normalized spacial score (nSPS) is 12.4. The molecule has 0 aliphatic rings. The summed E-state index contributed by atoms with van der Waals surface area (Å²) in [6, 6.07) is 5.73. The van der Waals surface area contributed by atoms with Crippen molar-refractivity contribution in [3.05, 3.63) is 52.4 Å². The molecule has 2 rings (SSSR count). The van der Waals surface area contributed by atoms with Crippen molar-refractivity contribution >= 4 is 17.4 Å². The van der Waals surface area contributed by atoms with Crippen LogP contribution in [0.3, 0.4) is 0 Å². The highest BCUT2D eigenvalue weighted by Crippen LogP contribution is 2.27. The molecule has 3 N–H and O–H groups in total. The van der Waals surface area contributed by atoms with Gasteiger partial charge in [-0.05, 0) is 37.2 Å². The topological polar surface area (TPSA) is 63.8 Å². The quantitative estimate of drug-likeness (QED) is 0.901. The monoisotopic (exact) mass is 276 g/mol. The summed E-state index contributed by atoms with van der Waals surface area (Å²) >= 11 is 6.01. The Balaban J connectivity index is 2.48. The number of nitrogen functional groups attached to an aromatic ring is 1. The molecule has 0 radical (unpaired) electrons. The van der Waals surface area contributed by atoms with E-state index in [-0.39, 0.29) is 6.04 Å². The summed E-state index contributed by atoms with van der Waals surface area (Å²) in [6.07, 6.45) is 3.34. The molecule has 1 unspecified atom stereocenters. The Bertz CT molecular complexity index is 571. The number of aryl methyl sites for hydroxylation is 1. The molecule has 4 nitrogen and oxygen atoms in total. The van der Waals surface area contributed by atoms with Gasteiger partial charge in [0.2, 0.25) is 0 Å². The minimum Gasteiger partial charge on any atom is -0.383 e. The zero-order chi connectivity index (χ0) is 13.8. The lowest BCUT2D eigenvalue weighted by Crippen LogP contribution is -2.24. The Labute approximate surface area is 118 Å². The number of aromatic nitrogens is 2. The molecule has 0 aromatic carbocycles. The SMILES string of the molecule is CCNC(c1cc(C)ccn1)c1cc(Cl)cnc1N. The summed E-state index contributed by atoms with van der Waals surface area (Å²) in [4.78, 5) is 8.52. The molecular formula is C14H17ClN4. The Morgan fingerprint density at radius 2 is 2.16 bits per heavy atom. The number of anilines is 1. The van der Waals surface area contributed by atoms with E-state index in [1.54, 1.807) is 12.4 Å². The number of hydrogen-bond donors (Lipinski definition) is 2. The molecule has 0 bridgehead atoms. The molecule has 0 amide bonds. The lowest BCUT2D eigenvalue weighted by Gasteiger charge is -2.19. The number of nitrogens with one attached hydrogen (secondary N) is 1. The molecule has 0 aliphatic carbocycles. The maximum Gasteiger partial charge on any atom is 0.128 e. The Morgan fingerprint density at radius 1 is 1.37 bits per heavy atom. The average molecular weight is 277 g/mol. The van der Waals surface area contributed by atoms with E-state index in [2.05, 4.69) is 15.3 Å². The largest absolute Gasteiger partial charge is 0.383 e. The van der Waals surface area contributed by atoms with Gasteiger partial charge in [-0.15, -0.1) is 0 Å². The van der Waals surface area contributed by atoms with Crippen molar-refractivity contribution in [3.63, 3.8) is 0 Å². The first-order chi connectivity index (χ1) is 9.11. The Hall–Kier alpha value is -1.65. The Kier molecular flexibility index (Phi) is 4.35. The van der Waals surface area contributed by atoms with Crippen LogP contribution in [0.2, 0.25) is 5.02 Å². The van der Waals surface area contributed by atoms with Gasteiger partial charge in [-0.2, -0.15) is 0 Å². The van der Waals surface area contributed by atoms with Gasteiger partial charge in [0, 0.05) is 18.0 Å². The first kappa shape index (κ1) is 13.8. The second-order valence-corrected chi connectivity index (χ2v) is 4.81. The van der Waals surface area contributed by atoms with Crippen LogP contribution in [-0.4, -0.2) is 16.5 Å². The summed E-state index contributed by atoms with van der Waals surface area (Å²) in [7, 11) is 0.